The predicted molar refractivity (Wildman–Crippen MR) is 80.8 cm³/mol. The second-order valence-corrected chi connectivity index (χ2v) is 5.04. The van der Waals surface area contributed by atoms with Crippen LogP contribution in [0, 0.1) is 0 Å². The van der Waals surface area contributed by atoms with Gasteiger partial charge in [-0.25, -0.2) is 4.79 Å². The zero-order valence-corrected chi connectivity index (χ0v) is 13.0. The first kappa shape index (κ1) is 15.3. The molecular weight excluding hydrogens is 338 g/mol. The van der Waals surface area contributed by atoms with Crippen LogP contribution in [-0.2, 0) is 6.61 Å². The lowest BCUT2D eigenvalue weighted by atomic mass is 10.2. The number of aromatic carboxylic acids is 1. The Bertz CT molecular complexity index is 628. The van der Waals surface area contributed by atoms with Crippen LogP contribution in [0.1, 0.15) is 23.0 Å². The van der Waals surface area contributed by atoms with Crippen molar-refractivity contribution in [2.24, 2.45) is 0 Å². The van der Waals surface area contributed by atoms with Crippen LogP contribution in [0.3, 0.4) is 0 Å². The maximum Gasteiger partial charge on any atom is 0.339 e. The van der Waals surface area contributed by atoms with Crippen molar-refractivity contribution < 1.29 is 19.4 Å². The lowest BCUT2D eigenvalue weighted by Crippen LogP contribution is -2.06. The van der Waals surface area contributed by atoms with Gasteiger partial charge in [-0.1, -0.05) is 6.07 Å². The van der Waals surface area contributed by atoms with Gasteiger partial charge in [0.2, 0.25) is 0 Å². The molecule has 6 heteroatoms. The molecule has 0 aliphatic heterocycles. The number of para-hydroxylation sites is 1. The van der Waals surface area contributed by atoms with E-state index in [1.807, 2.05) is 13.0 Å². The summed E-state index contributed by atoms with van der Waals surface area (Å²) >= 11 is 3.30. The highest BCUT2D eigenvalue weighted by Crippen LogP contribution is 2.32. The summed E-state index contributed by atoms with van der Waals surface area (Å²) in [6, 6.07) is 8.43. The van der Waals surface area contributed by atoms with Crippen molar-refractivity contribution in [2.75, 3.05) is 6.61 Å². The van der Waals surface area contributed by atoms with E-state index >= 15 is 0 Å². The van der Waals surface area contributed by atoms with Gasteiger partial charge in [0.15, 0.2) is 11.5 Å². The van der Waals surface area contributed by atoms with Gasteiger partial charge in [-0.15, -0.1) is 0 Å². The number of carbonyl (C=O) groups is 1. The van der Waals surface area contributed by atoms with Crippen molar-refractivity contribution in [3.8, 4) is 11.5 Å². The fraction of sp³-hybridized carbons (Fsp3) is 0.200. The van der Waals surface area contributed by atoms with Gasteiger partial charge in [0, 0.05) is 10.7 Å². The Morgan fingerprint density at radius 3 is 2.71 bits per heavy atom. The standard InChI is InChI=1S/C15H14BrNO4/c1-2-20-13-5-3-4-12(15(18)19)14(13)21-9-11-7-6-10(16)8-17-11/h3-8H,2,9H2,1H3,(H,18,19). The molecular formula is C15H14BrNO4. The minimum atomic E-state index is -1.06. The summed E-state index contributed by atoms with van der Waals surface area (Å²) in [5.74, 6) is -0.429. The predicted octanol–water partition coefficient (Wildman–Crippen LogP) is 3.52. The number of pyridine rings is 1. The van der Waals surface area contributed by atoms with Crippen LogP contribution in [-0.4, -0.2) is 22.7 Å². The molecule has 1 heterocycles. The number of hydrogen-bond donors (Lipinski definition) is 1. The highest BCUT2D eigenvalue weighted by Gasteiger charge is 2.16. The maximum atomic E-state index is 11.3. The third kappa shape index (κ3) is 3.95. The fourth-order valence-corrected chi connectivity index (χ4v) is 1.97. The summed E-state index contributed by atoms with van der Waals surface area (Å²) in [5, 5.41) is 9.23. The number of carboxylic acids is 1. The maximum absolute atomic E-state index is 11.3. The number of carboxylic acid groups (broad SMARTS) is 1. The lowest BCUT2D eigenvalue weighted by Gasteiger charge is -2.13. The molecule has 0 saturated heterocycles. The van der Waals surface area contributed by atoms with Crippen LogP contribution in [0.25, 0.3) is 0 Å². The molecule has 110 valence electrons. The monoisotopic (exact) mass is 351 g/mol. The van der Waals surface area contributed by atoms with Crippen LogP contribution in [0.2, 0.25) is 0 Å². The molecule has 0 atom stereocenters. The third-order valence-electron chi connectivity index (χ3n) is 2.66. The Morgan fingerprint density at radius 1 is 1.29 bits per heavy atom. The molecule has 2 aromatic rings. The summed E-state index contributed by atoms with van der Waals surface area (Å²) in [7, 11) is 0. The molecule has 0 bridgehead atoms. The average Bonchev–Trinajstić information content (AvgIpc) is 2.47. The molecule has 0 spiro atoms. The minimum Gasteiger partial charge on any atom is -0.490 e. The molecule has 1 aromatic carbocycles. The van der Waals surface area contributed by atoms with E-state index in [4.69, 9.17) is 9.47 Å². The van der Waals surface area contributed by atoms with E-state index in [0.29, 0.717) is 18.1 Å². The van der Waals surface area contributed by atoms with Gasteiger partial charge in [-0.05, 0) is 47.1 Å². The molecule has 0 fully saturated rings. The van der Waals surface area contributed by atoms with Gasteiger partial charge in [-0.2, -0.15) is 0 Å². The Hall–Kier alpha value is -2.08. The van der Waals surface area contributed by atoms with Gasteiger partial charge in [0.1, 0.15) is 12.2 Å². The molecule has 0 aliphatic rings. The summed E-state index contributed by atoms with van der Waals surface area (Å²) in [6.45, 7) is 2.42. The highest BCUT2D eigenvalue weighted by molar-refractivity contribution is 9.10. The van der Waals surface area contributed by atoms with Gasteiger partial charge >= 0.3 is 5.97 Å². The Morgan fingerprint density at radius 2 is 2.10 bits per heavy atom. The summed E-state index contributed by atoms with van der Waals surface area (Å²) < 4.78 is 11.9. The minimum absolute atomic E-state index is 0.0676. The Labute approximate surface area is 130 Å². The number of ether oxygens (including phenoxy) is 2. The van der Waals surface area contributed by atoms with Crippen LogP contribution in [0.4, 0.5) is 0 Å². The quantitative estimate of drug-likeness (QED) is 0.862. The SMILES string of the molecule is CCOc1cccc(C(=O)O)c1OCc1ccc(Br)cn1. The van der Waals surface area contributed by atoms with E-state index in [9.17, 15) is 9.90 Å². The van der Waals surface area contributed by atoms with Gasteiger partial charge in [0.25, 0.3) is 0 Å². The topological polar surface area (TPSA) is 68.7 Å². The third-order valence-corrected chi connectivity index (χ3v) is 3.13. The normalized spacial score (nSPS) is 10.2. The van der Waals surface area contributed by atoms with Crippen molar-refractivity contribution in [1.29, 1.82) is 0 Å². The zero-order valence-electron chi connectivity index (χ0n) is 11.4. The second kappa shape index (κ2) is 7.08. The molecule has 0 radical (unpaired) electrons. The van der Waals surface area contributed by atoms with E-state index in [1.54, 1.807) is 24.4 Å². The van der Waals surface area contributed by atoms with Crippen molar-refractivity contribution in [3.63, 3.8) is 0 Å². The van der Waals surface area contributed by atoms with Crippen LogP contribution in [0.15, 0.2) is 41.0 Å². The van der Waals surface area contributed by atoms with Crippen molar-refractivity contribution in [2.45, 2.75) is 13.5 Å². The molecule has 0 aliphatic carbocycles. The number of hydrogen-bond acceptors (Lipinski definition) is 4. The van der Waals surface area contributed by atoms with Gasteiger partial charge in [-0.3, -0.25) is 4.98 Å². The molecule has 5 nitrogen and oxygen atoms in total. The van der Waals surface area contributed by atoms with Crippen LogP contribution >= 0.6 is 15.9 Å². The summed E-state index contributed by atoms with van der Waals surface area (Å²) in [5.41, 5.74) is 0.763. The number of aromatic nitrogens is 1. The first-order chi connectivity index (χ1) is 10.1. The number of rotatable bonds is 6. The Kier molecular flexibility index (Phi) is 5.16. The average molecular weight is 352 g/mol. The molecule has 0 unspecified atom stereocenters. The van der Waals surface area contributed by atoms with Crippen LogP contribution < -0.4 is 9.47 Å². The first-order valence-corrected chi connectivity index (χ1v) is 7.13. The highest BCUT2D eigenvalue weighted by atomic mass is 79.9. The van der Waals surface area contributed by atoms with Crippen molar-refractivity contribution >= 4 is 21.9 Å². The van der Waals surface area contributed by atoms with E-state index in [2.05, 4.69) is 20.9 Å². The van der Waals surface area contributed by atoms with Crippen LogP contribution in [0.5, 0.6) is 11.5 Å². The van der Waals surface area contributed by atoms with Crippen molar-refractivity contribution in [3.05, 3.63) is 52.3 Å². The van der Waals surface area contributed by atoms with Gasteiger partial charge in [0.05, 0.1) is 12.3 Å². The molecule has 1 aromatic heterocycles. The lowest BCUT2D eigenvalue weighted by molar-refractivity contribution is 0.0690. The molecule has 21 heavy (non-hydrogen) atoms. The summed E-state index contributed by atoms with van der Waals surface area (Å²) in [6.07, 6.45) is 1.66. The van der Waals surface area contributed by atoms with E-state index in [-0.39, 0.29) is 17.9 Å². The van der Waals surface area contributed by atoms with E-state index < -0.39 is 5.97 Å². The molecule has 2 rings (SSSR count). The molecule has 0 saturated carbocycles. The molecule has 0 amide bonds. The number of benzene rings is 1. The number of nitrogens with zero attached hydrogens (tertiary/aromatic N) is 1. The van der Waals surface area contributed by atoms with Crippen molar-refractivity contribution in [1.82, 2.24) is 4.98 Å². The number of halogens is 1. The Balaban J connectivity index is 2.24. The fourth-order valence-electron chi connectivity index (χ4n) is 1.74. The molecule has 1 N–H and O–H groups in total. The smallest absolute Gasteiger partial charge is 0.339 e. The van der Waals surface area contributed by atoms with E-state index in [0.717, 1.165) is 4.47 Å². The largest absolute Gasteiger partial charge is 0.490 e. The van der Waals surface area contributed by atoms with E-state index in [1.165, 1.54) is 6.07 Å². The zero-order chi connectivity index (χ0) is 15.2. The first-order valence-electron chi connectivity index (χ1n) is 6.34. The van der Waals surface area contributed by atoms with Gasteiger partial charge < -0.3 is 14.6 Å². The summed E-state index contributed by atoms with van der Waals surface area (Å²) in [4.78, 5) is 15.5. The second-order valence-electron chi connectivity index (χ2n) is 4.13.